The van der Waals surface area contributed by atoms with E-state index >= 15 is 0 Å². The first-order chi connectivity index (χ1) is 23.2. The van der Waals surface area contributed by atoms with Crippen LogP contribution in [-0.2, 0) is 19.5 Å². The Morgan fingerprint density at radius 1 is 0.712 bits per heavy atom. The summed E-state index contributed by atoms with van der Waals surface area (Å²) in [5.74, 6) is 1.56. The smallest absolute Gasteiger partial charge is 0.214 e. The molecule has 1 aromatic rings. The van der Waals surface area contributed by atoms with Crippen LogP contribution in [-0.4, -0.2) is 44.6 Å². The highest BCUT2D eigenvalue weighted by atomic mass is 32.2. The van der Waals surface area contributed by atoms with Crippen LogP contribution in [0.1, 0.15) is 208 Å². The summed E-state index contributed by atoms with van der Waals surface area (Å²) in [7, 11) is -2.94. The Bertz CT molecular complexity index is 1080. The van der Waals surface area contributed by atoms with Gasteiger partial charge in [-0.3, -0.25) is 0 Å². The van der Waals surface area contributed by atoms with Crippen LogP contribution in [0.25, 0.3) is 0 Å². The number of nitrogens with one attached hydrogen (secondary N) is 1. The average Bonchev–Trinajstić information content (AvgIpc) is 3.82. The standard InChI is InChI=1S/C12H17F.C12H26O2.C8H18.C6H13NO2S.C5H12.C2H6/c1-8(2)10-5-11(9(3)4)7-12(13)6-10;1-10(2)13-8-12(6,7)9-14-11(3,4)5;1-7(2,3)8(4,5)6;1-5(2)7-10(8,9)6-3-4-6;1-4-5(2)3;1-2/h5-9H,1-4H3;10H,8-9H2,1-7H3;1-6H3;5-7H,3-4H2,1-2H3;5H,4H2,1-3H3;1-2H3. The van der Waals surface area contributed by atoms with Crippen molar-refractivity contribution >= 4 is 10.0 Å². The van der Waals surface area contributed by atoms with Gasteiger partial charge in [-0.25, -0.2) is 17.5 Å². The monoisotopic (exact) mass is 762 g/mol. The molecule has 0 unspecified atom stereocenters. The molecular formula is C45H92FNO4S. The minimum absolute atomic E-state index is 0.0330. The van der Waals surface area contributed by atoms with Crippen molar-refractivity contribution in [3.8, 4) is 0 Å². The van der Waals surface area contributed by atoms with Gasteiger partial charge in [-0.2, -0.15) is 0 Å². The van der Waals surface area contributed by atoms with Gasteiger partial charge in [0.25, 0.3) is 0 Å². The minimum atomic E-state index is -2.94. The van der Waals surface area contributed by atoms with Gasteiger partial charge in [0, 0.05) is 11.5 Å². The van der Waals surface area contributed by atoms with E-state index in [9.17, 15) is 12.8 Å². The second kappa shape index (κ2) is 26.7. The summed E-state index contributed by atoms with van der Waals surface area (Å²) in [6.07, 6.45) is 3.27. The molecule has 0 saturated heterocycles. The Morgan fingerprint density at radius 2 is 1.08 bits per heavy atom. The second-order valence-electron chi connectivity index (χ2n) is 19.4. The molecule has 0 radical (unpaired) electrons. The van der Waals surface area contributed by atoms with E-state index in [-0.39, 0.29) is 28.1 Å². The topological polar surface area (TPSA) is 64.6 Å². The minimum Gasteiger partial charge on any atom is -0.378 e. The van der Waals surface area contributed by atoms with Crippen molar-refractivity contribution in [2.45, 2.75) is 220 Å². The largest absolute Gasteiger partial charge is 0.378 e. The molecule has 0 amide bonds. The third kappa shape index (κ3) is 34.7. The number of hydrogen-bond donors (Lipinski definition) is 1. The number of sulfonamides is 1. The second-order valence-corrected chi connectivity index (χ2v) is 21.4. The van der Waals surface area contributed by atoms with Crippen molar-refractivity contribution in [3.63, 3.8) is 0 Å². The summed E-state index contributed by atoms with van der Waals surface area (Å²) in [6, 6.07) is 5.37. The molecule has 2 rings (SSSR count). The predicted octanol–water partition coefficient (Wildman–Crippen LogP) is 14.0. The molecule has 0 spiro atoms. The maximum absolute atomic E-state index is 13.1. The highest BCUT2D eigenvalue weighted by Crippen LogP contribution is 2.36. The normalized spacial score (nSPS) is 13.6. The number of rotatable bonds is 11. The summed E-state index contributed by atoms with van der Waals surface area (Å²) in [4.78, 5) is 0. The summed E-state index contributed by atoms with van der Waals surface area (Å²) in [5, 5.41) is -0.0881. The van der Waals surface area contributed by atoms with Crippen molar-refractivity contribution in [3.05, 3.63) is 35.1 Å². The third-order valence-corrected chi connectivity index (χ3v) is 10.6. The summed E-state index contributed by atoms with van der Waals surface area (Å²) in [5.41, 5.74) is 3.08. The zero-order valence-corrected chi connectivity index (χ0v) is 40.0. The number of benzene rings is 1. The molecule has 52 heavy (non-hydrogen) atoms. The van der Waals surface area contributed by atoms with Gasteiger partial charge in [-0.1, -0.05) is 130 Å². The first-order valence-corrected chi connectivity index (χ1v) is 21.8. The summed E-state index contributed by atoms with van der Waals surface area (Å²) in [6.45, 7) is 52.4. The summed E-state index contributed by atoms with van der Waals surface area (Å²) < 4.78 is 49.2. The molecule has 1 N–H and O–H groups in total. The first kappa shape index (κ1) is 57.7. The molecule has 0 bridgehead atoms. The van der Waals surface area contributed by atoms with Crippen LogP contribution in [0.15, 0.2) is 18.2 Å². The van der Waals surface area contributed by atoms with Gasteiger partial charge in [-0.15, -0.1) is 0 Å². The van der Waals surface area contributed by atoms with Crippen LogP contribution < -0.4 is 4.72 Å². The Morgan fingerprint density at radius 3 is 1.31 bits per heavy atom. The zero-order valence-electron chi connectivity index (χ0n) is 39.2. The van der Waals surface area contributed by atoms with E-state index in [4.69, 9.17) is 9.47 Å². The van der Waals surface area contributed by atoms with Crippen molar-refractivity contribution in [2.75, 3.05) is 13.2 Å². The van der Waals surface area contributed by atoms with Crippen LogP contribution in [0, 0.1) is 28.0 Å². The van der Waals surface area contributed by atoms with E-state index < -0.39 is 10.0 Å². The lowest BCUT2D eigenvalue weighted by atomic mass is 9.71. The van der Waals surface area contributed by atoms with Crippen LogP contribution in [0.3, 0.4) is 0 Å². The number of hydrogen-bond acceptors (Lipinski definition) is 4. The molecule has 1 fully saturated rings. The Kier molecular flexibility index (Phi) is 29.7. The molecular weight excluding hydrogens is 670 g/mol. The lowest BCUT2D eigenvalue weighted by Gasteiger charge is -2.34. The maximum atomic E-state index is 13.1. The van der Waals surface area contributed by atoms with E-state index in [0.717, 1.165) is 43.1 Å². The Hall–Kier alpha value is -1.02. The van der Waals surface area contributed by atoms with E-state index in [1.165, 1.54) is 6.42 Å². The van der Waals surface area contributed by atoms with Crippen molar-refractivity contribution in [2.24, 2.45) is 22.2 Å². The highest BCUT2D eigenvalue weighted by molar-refractivity contribution is 7.90. The molecule has 1 saturated carbocycles. The van der Waals surface area contributed by atoms with E-state index in [2.05, 4.69) is 149 Å². The van der Waals surface area contributed by atoms with Gasteiger partial charge >= 0.3 is 0 Å². The van der Waals surface area contributed by atoms with Crippen molar-refractivity contribution in [1.82, 2.24) is 4.72 Å². The molecule has 5 nitrogen and oxygen atoms in total. The fourth-order valence-electron chi connectivity index (χ4n) is 2.95. The van der Waals surface area contributed by atoms with E-state index in [1.807, 2.05) is 27.7 Å². The number of ether oxygens (including phenoxy) is 2. The molecule has 7 heteroatoms. The van der Waals surface area contributed by atoms with Crippen LogP contribution in [0.4, 0.5) is 4.39 Å². The lowest BCUT2D eigenvalue weighted by Crippen LogP contribution is -2.32. The van der Waals surface area contributed by atoms with Crippen molar-refractivity contribution in [1.29, 1.82) is 0 Å². The SMILES string of the molecule is CC.CC(C)(C)C(C)(C)C.CC(C)NS(=O)(=O)C1CC1.CC(C)OCC(C)(C)COC(C)(C)C.CC(C)c1cc(F)cc(C(C)C)c1.CCC(C)C. The molecule has 1 aromatic carbocycles. The van der Waals surface area contributed by atoms with Crippen LogP contribution in [0.5, 0.6) is 0 Å². The Labute approximate surface area is 326 Å². The van der Waals surface area contributed by atoms with Crippen molar-refractivity contribution < 1.29 is 22.3 Å². The molecule has 1 aliphatic rings. The van der Waals surface area contributed by atoms with E-state index in [1.54, 1.807) is 12.1 Å². The Balaban J connectivity index is -0.000000283. The molecule has 0 heterocycles. The zero-order chi connectivity index (χ0) is 42.5. The molecule has 314 valence electrons. The fraction of sp³-hybridized carbons (Fsp3) is 0.867. The fourth-order valence-corrected chi connectivity index (χ4v) is 4.56. The van der Waals surface area contributed by atoms with Gasteiger partial charge in [0.1, 0.15) is 5.82 Å². The summed E-state index contributed by atoms with van der Waals surface area (Å²) >= 11 is 0. The lowest BCUT2D eigenvalue weighted by molar-refractivity contribution is -0.0745. The van der Waals surface area contributed by atoms with Gasteiger partial charge < -0.3 is 9.47 Å². The molecule has 0 aromatic heterocycles. The third-order valence-electron chi connectivity index (χ3n) is 8.41. The first-order valence-electron chi connectivity index (χ1n) is 20.2. The van der Waals surface area contributed by atoms with E-state index in [0.29, 0.717) is 28.8 Å². The quantitative estimate of drug-likeness (QED) is 0.244. The predicted molar refractivity (Wildman–Crippen MR) is 231 cm³/mol. The highest BCUT2D eigenvalue weighted by Gasteiger charge is 2.35. The molecule has 0 atom stereocenters. The van der Waals surface area contributed by atoms with Gasteiger partial charge in [-0.05, 0) is 113 Å². The van der Waals surface area contributed by atoms with Crippen LogP contribution in [0.2, 0.25) is 0 Å². The molecule has 0 aliphatic heterocycles. The van der Waals surface area contributed by atoms with Gasteiger partial charge in [0.05, 0.1) is 30.2 Å². The maximum Gasteiger partial charge on any atom is 0.214 e. The molecule has 1 aliphatic carbocycles. The van der Waals surface area contributed by atoms with Crippen LogP contribution >= 0.6 is 0 Å². The van der Waals surface area contributed by atoms with Gasteiger partial charge in [0.2, 0.25) is 10.0 Å². The average molecular weight is 762 g/mol. The van der Waals surface area contributed by atoms with Gasteiger partial charge in [0.15, 0.2) is 0 Å². The number of halogens is 1.